The number of rotatable bonds is 4. The summed E-state index contributed by atoms with van der Waals surface area (Å²) in [5, 5.41) is 13.6. The number of fused-ring (bicyclic) bond motifs is 2. The number of aliphatic hydroxyl groups is 1. The Hall–Kier alpha value is -3.07. The van der Waals surface area contributed by atoms with Gasteiger partial charge in [-0.15, -0.1) is 0 Å². The summed E-state index contributed by atoms with van der Waals surface area (Å²) >= 11 is 0. The quantitative estimate of drug-likeness (QED) is 0.772. The molecule has 2 atom stereocenters. The lowest BCUT2D eigenvalue weighted by Crippen LogP contribution is -2.55. The smallest absolute Gasteiger partial charge is 0.257 e. The van der Waals surface area contributed by atoms with Crippen LogP contribution >= 0.6 is 0 Å². The number of hydrogen-bond acceptors (Lipinski definition) is 5. The molecule has 1 fully saturated rings. The van der Waals surface area contributed by atoms with Gasteiger partial charge in [-0.3, -0.25) is 14.4 Å². The average Bonchev–Trinajstić information content (AvgIpc) is 3.03. The third-order valence-electron chi connectivity index (χ3n) is 6.58. The van der Waals surface area contributed by atoms with Gasteiger partial charge < -0.3 is 19.7 Å². The first-order valence-corrected chi connectivity index (χ1v) is 9.92. The standard InChI is InChI=1S/C22H22F2N2O5/c1-21-6-3-7-22(21,30)11-26-10-14(17(27)18(31-2)16(26)19(21)28)20(29)25-9-12-4-5-13(23)8-15(12)24/h4-5,8,10,30H,3,6-7,9,11H2,1-2H3,(H,25,29). The molecule has 1 aliphatic heterocycles. The molecule has 2 aliphatic rings. The van der Waals surface area contributed by atoms with Gasteiger partial charge in [-0.1, -0.05) is 6.07 Å². The van der Waals surface area contributed by atoms with E-state index in [4.69, 9.17) is 4.74 Å². The maximum atomic E-state index is 13.8. The Balaban J connectivity index is 1.71. The molecule has 1 saturated carbocycles. The molecule has 4 rings (SSSR count). The minimum absolute atomic E-state index is 0.0303. The lowest BCUT2D eigenvalue weighted by atomic mass is 9.69. The number of Topliss-reactive ketones (excluding diaryl/α,β-unsaturated/α-hetero) is 1. The molecule has 2 aromatic rings. The van der Waals surface area contributed by atoms with E-state index in [9.17, 15) is 28.3 Å². The van der Waals surface area contributed by atoms with Gasteiger partial charge >= 0.3 is 0 Å². The van der Waals surface area contributed by atoms with Gasteiger partial charge in [-0.25, -0.2) is 8.78 Å². The van der Waals surface area contributed by atoms with Crippen LogP contribution in [0.1, 0.15) is 52.6 Å². The lowest BCUT2D eigenvalue weighted by Gasteiger charge is -2.44. The van der Waals surface area contributed by atoms with Gasteiger partial charge in [0, 0.05) is 24.4 Å². The molecule has 1 amide bonds. The van der Waals surface area contributed by atoms with Crippen LogP contribution in [0.4, 0.5) is 8.78 Å². The number of halogens is 2. The van der Waals surface area contributed by atoms with Gasteiger partial charge in [0.05, 0.1) is 24.7 Å². The van der Waals surface area contributed by atoms with Crippen molar-refractivity contribution in [1.29, 1.82) is 0 Å². The first kappa shape index (κ1) is 21.2. The molecule has 2 unspecified atom stereocenters. The summed E-state index contributed by atoms with van der Waals surface area (Å²) in [5.74, 6) is -3.03. The van der Waals surface area contributed by atoms with E-state index in [1.807, 2.05) is 0 Å². The summed E-state index contributed by atoms with van der Waals surface area (Å²) in [4.78, 5) is 38.9. The van der Waals surface area contributed by atoms with E-state index in [1.54, 1.807) is 6.92 Å². The largest absolute Gasteiger partial charge is 0.491 e. The van der Waals surface area contributed by atoms with Crippen molar-refractivity contribution < 1.29 is 28.2 Å². The maximum absolute atomic E-state index is 13.8. The van der Waals surface area contributed by atoms with Gasteiger partial charge in [-0.05, 0) is 32.3 Å². The first-order chi connectivity index (χ1) is 14.6. The molecular weight excluding hydrogens is 410 g/mol. The number of methoxy groups -OCH3 is 1. The molecule has 0 spiro atoms. The number of hydrogen-bond donors (Lipinski definition) is 2. The van der Waals surface area contributed by atoms with Crippen LogP contribution in [0.15, 0.2) is 29.2 Å². The summed E-state index contributed by atoms with van der Waals surface area (Å²) in [7, 11) is 1.23. The second kappa shape index (κ2) is 7.26. The van der Waals surface area contributed by atoms with Gasteiger partial charge in [-0.2, -0.15) is 0 Å². The van der Waals surface area contributed by atoms with Crippen molar-refractivity contribution in [2.45, 2.75) is 44.9 Å². The van der Waals surface area contributed by atoms with Gasteiger partial charge in [0.2, 0.25) is 5.43 Å². The minimum Gasteiger partial charge on any atom is -0.491 e. The van der Waals surface area contributed by atoms with Gasteiger partial charge in [0.15, 0.2) is 11.5 Å². The topological polar surface area (TPSA) is 97.6 Å². The summed E-state index contributed by atoms with van der Waals surface area (Å²) < 4.78 is 33.5. The van der Waals surface area contributed by atoms with E-state index < -0.39 is 39.8 Å². The van der Waals surface area contributed by atoms with Crippen molar-refractivity contribution in [3.05, 3.63) is 63.1 Å². The Morgan fingerprint density at radius 1 is 1.29 bits per heavy atom. The Morgan fingerprint density at radius 2 is 2.03 bits per heavy atom. The summed E-state index contributed by atoms with van der Waals surface area (Å²) in [6.07, 6.45) is 2.81. The van der Waals surface area contributed by atoms with Crippen LogP contribution in [0, 0.1) is 17.0 Å². The number of nitrogens with zero attached hydrogens (tertiary/aromatic N) is 1. The third kappa shape index (κ3) is 3.15. The predicted octanol–water partition coefficient (Wildman–Crippen LogP) is 2.18. The Bertz CT molecular complexity index is 1160. The van der Waals surface area contributed by atoms with E-state index in [2.05, 4.69) is 5.32 Å². The lowest BCUT2D eigenvalue weighted by molar-refractivity contribution is -0.0581. The van der Waals surface area contributed by atoms with Crippen LogP contribution in [0.3, 0.4) is 0 Å². The highest BCUT2D eigenvalue weighted by atomic mass is 19.1. The molecule has 2 heterocycles. The van der Waals surface area contributed by atoms with Crippen LogP contribution < -0.4 is 15.5 Å². The van der Waals surface area contributed by atoms with Gasteiger partial charge in [0.25, 0.3) is 5.91 Å². The number of pyridine rings is 1. The first-order valence-electron chi connectivity index (χ1n) is 9.92. The molecule has 9 heteroatoms. The van der Waals surface area contributed by atoms with Crippen molar-refractivity contribution in [3.63, 3.8) is 0 Å². The van der Waals surface area contributed by atoms with Crippen LogP contribution in [0.25, 0.3) is 0 Å². The van der Waals surface area contributed by atoms with E-state index in [0.29, 0.717) is 25.3 Å². The Labute approximate surface area is 176 Å². The third-order valence-corrected chi connectivity index (χ3v) is 6.58. The number of carbonyl (C=O) groups excluding carboxylic acids is 2. The highest BCUT2D eigenvalue weighted by Gasteiger charge is 2.59. The molecule has 1 aromatic heterocycles. The van der Waals surface area contributed by atoms with Crippen molar-refractivity contribution in [1.82, 2.24) is 9.88 Å². The fourth-order valence-electron chi connectivity index (χ4n) is 4.65. The summed E-state index contributed by atoms with van der Waals surface area (Å²) in [6, 6.07) is 2.95. The van der Waals surface area contributed by atoms with Crippen molar-refractivity contribution in [3.8, 4) is 5.75 Å². The minimum atomic E-state index is -1.29. The normalized spacial score (nSPS) is 24.5. The zero-order chi connectivity index (χ0) is 22.6. The molecule has 31 heavy (non-hydrogen) atoms. The monoisotopic (exact) mass is 432 g/mol. The number of aromatic nitrogens is 1. The molecular formula is C22H22F2N2O5. The molecule has 0 radical (unpaired) electrons. The maximum Gasteiger partial charge on any atom is 0.257 e. The SMILES string of the molecule is COc1c2n(cc(C(=O)NCc3ccc(F)cc3F)c1=O)CC1(O)CCCC1(C)C2=O. The zero-order valence-electron chi connectivity index (χ0n) is 17.1. The average molecular weight is 432 g/mol. The molecule has 2 N–H and O–H groups in total. The predicted molar refractivity (Wildman–Crippen MR) is 106 cm³/mol. The highest BCUT2D eigenvalue weighted by molar-refractivity contribution is 6.04. The van der Waals surface area contributed by atoms with E-state index in [1.165, 1.54) is 23.9 Å². The number of carbonyl (C=O) groups is 2. The Kier molecular flexibility index (Phi) is 4.96. The Morgan fingerprint density at radius 3 is 2.71 bits per heavy atom. The molecule has 1 aromatic carbocycles. The molecule has 0 saturated heterocycles. The van der Waals surface area contributed by atoms with Crippen LogP contribution in [0.5, 0.6) is 5.75 Å². The van der Waals surface area contributed by atoms with Crippen molar-refractivity contribution >= 4 is 11.7 Å². The van der Waals surface area contributed by atoms with Crippen molar-refractivity contribution in [2.24, 2.45) is 5.41 Å². The second-order valence-corrected chi connectivity index (χ2v) is 8.35. The number of ether oxygens (including phenoxy) is 1. The number of amides is 1. The summed E-state index contributed by atoms with van der Waals surface area (Å²) in [6.45, 7) is 1.46. The van der Waals surface area contributed by atoms with E-state index >= 15 is 0 Å². The van der Waals surface area contributed by atoms with Crippen molar-refractivity contribution in [2.75, 3.05) is 7.11 Å². The summed E-state index contributed by atoms with van der Waals surface area (Å²) in [5.41, 5.74) is -3.32. The number of nitrogens with one attached hydrogen (secondary N) is 1. The van der Waals surface area contributed by atoms with Gasteiger partial charge in [0.1, 0.15) is 22.9 Å². The molecule has 1 aliphatic carbocycles. The number of ketones is 1. The molecule has 7 nitrogen and oxygen atoms in total. The van der Waals surface area contributed by atoms with Crippen LogP contribution in [-0.2, 0) is 13.1 Å². The van der Waals surface area contributed by atoms with Crippen LogP contribution in [0.2, 0.25) is 0 Å². The second-order valence-electron chi connectivity index (χ2n) is 8.35. The molecule has 164 valence electrons. The number of benzene rings is 1. The fourth-order valence-corrected chi connectivity index (χ4v) is 4.65. The van der Waals surface area contributed by atoms with E-state index in [0.717, 1.165) is 6.07 Å². The fraction of sp³-hybridized carbons (Fsp3) is 0.409. The van der Waals surface area contributed by atoms with Crippen LogP contribution in [-0.4, -0.2) is 34.1 Å². The van der Waals surface area contributed by atoms with E-state index in [-0.39, 0.29) is 35.7 Å². The highest BCUT2D eigenvalue weighted by Crippen LogP contribution is 2.52. The zero-order valence-corrected chi connectivity index (χ0v) is 17.1. The molecule has 0 bridgehead atoms.